The van der Waals surface area contributed by atoms with Crippen LogP contribution in [0.25, 0.3) is 0 Å². The first-order chi connectivity index (χ1) is 14.5. The number of rotatable bonds is 11. The Kier molecular flexibility index (Phi) is 10.2. The summed E-state index contributed by atoms with van der Waals surface area (Å²) in [5.41, 5.74) is 3.53. The second kappa shape index (κ2) is 12.9. The molecule has 2 aromatic carbocycles. The lowest BCUT2D eigenvalue weighted by Gasteiger charge is -2.26. The van der Waals surface area contributed by atoms with E-state index in [-0.39, 0.29) is 6.04 Å². The molecule has 164 valence electrons. The zero-order valence-corrected chi connectivity index (χ0v) is 18.9. The van der Waals surface area contributed by atoms with E-state index < -0.39 is 0 Å². The third-order valence-electron chi connectivity index (χ3n) is 4.85. The topological polar surface area (TPSA) is 58.1 Å². The lowest BCUT2D eigenvalue weighted by Crippen LogP contribution is -2.41. The Morgan fingerprint density at radius 1 is 1.07 bits per heavy atom. The van der Waals surface area contributed by atoms with Crippen molar-refractivity contribution in [2.45, 2.75) is 26.4 Å². The van der Waals surface area contributed by atoms with Crippen LogP contribution in [0, 0.1) is 6.92 Å². The normalized spacial score (nSPS) is 12.7. The van der Waals surface area contributed by atoms with Gasteiger partial charge in [-0.05, 0) is 45.1 Å². The molecule has 0 aliphatic heterocycles. The number of guanidine groups is 1. The van der Waals surface area contributed by atoms with Gasteiger partial charge in [0, 0.05) is 32.3 Å². The Bertz CT molecular complexity index is 778. The van der Waals surface area contributed by atoms with Gasteiger partial charge in [0.1, 0.15) is 12.4 Å². The van der Waals surface area contributed by atoms with E-state index in [2.05, 4.69) is 84.0 Å². The highest BCUT2D eigenvalue weighted by molar-refractivity contribution is 5.79. The molecule has 0 spiro atoms. The molecule has 0 amide bonds. The summed E-state index contributed by atoms with van der Waals surface area (Å²) in [5, 5.41) is 6.85. The van der Waals surface area contributed by atoms with E-state index in [0.717, 1.165) is 23.8 Å². The lowest BCUT2D eigenvalue weighted by molar-refractivity contribution is 0.110. The molecule has 0 saturated heterocycles. The predicted molar refractivity (Wildman–Crippen MR) is 124 cm³/mol. The highest BCUT2D eigenvalue weighted by atomic mass is 16.5. The maximum Gasteiger partial charge on any atom is 0.191 e. The number of aliphatic imine (C=N–C) groups is 1. The van der Waals surface area contributed by atoms with Crippen LogP contribution < -0.4 is 15.4 Å². The van der Waals surface area contributed by atoms with Crippen molar-refractivity contribution in [3.8, 4) is 5.75 Å². The molecule has 0 aromatic heterocycles. The molecule has 6 heteroatoms. The highest BCUT2D eigenvalue weighted by Gasteiger charge is 2.14. The molecular weight excluding hydrogens is 376 g/mol. The van der Waals surface area contributed by atoms with Gasteiger partial charge in [-0.25, -0.2) is 0 Å². The summed E-state index contributed by atoms with van der Waals surface area (Å²) in [6, 6.07) is 17.0. The predicted octanol–water partition coefficient (Wildman–Crippen LogP) is 3.38. The van der Waals surface area contributed by atoms with Gasteiger partial charge in [0.05, 0.1) is 12.6 Å². The number of hydrogen-bond donors (Lipinski definition) is 2. The monoisotopic (exact) mass is 412 g/mol. The van der Waals surface area contributed by atoms with Gasteiger partial charge < -0.3 is 25.0 Å². The Morgan fingerprint density at radius 2 is 1.83 bits per heavy atom. The van der Waals surface area contributed by atoms with Gasteiger partial charge in [-0.3, -0.25) is 4.99 Å². The minimum atomic E-state index is 0.251. The van der Waals surface area contributed by atoms with Crippen LogP contribution in [-0.2, 0) is 11.3 Å². The van der Waals surface area contributed by atoms with Crippen molar-refractivity contribution in [2.24, 2.45) is 4.99 Å². The van der Waals surface area contributed by atoms with Crippen molar-refractivity contribution in [3.05, 3.63) is 65.2 Å². The maximum absolute atomic E-state index is 5.94. The summed E-state index contributed by atoms with van der Waals surface area (Å²) < 4.78 is 11.3. The van der Waals surface area contributed by atoms with Crippen molar-refractivity contribution in [1.29, 1.82) is 0 Å². The van der Waals surface area contributed by atoms with E-state index in [0.29, 0.717) is 26.4 Å². The van der Waals surface area contributed by atoms with Gasteiger partial charge in [-0.15, -0.1) is 0 Å². The minimum absolute atomic E-state index is 0.251. The van der Waals surface area contributed by atoms with Crippen LogP contribution in [0.3, 0.4) is 0 Å². The molecular formula is C24H36N4O2. The van der Waals surface area contributed by atoms with Crippen molar-refractivity contribution in [2.75, 3.05) is 47.5 Å². The fraction of sp³-hybridized carbons (Fsp3) is 0.458. The number of ether oxygens (including phenoxy) is 2. The van der Waals surface area contributed by atoms with Crippen LogP contribution in [0.2, 0.25) is 0 Å². The van der Waals surface area contributed by atoms with Gasteiger partial charge in [0.15, 0.2) is 5.96 Å². The zero-order valence-electron chi connectivity index (χ0n) is 18.9. The standard InChI is InChI=1S/C24H36N4O2/c1-6-29-14-15-30-23-16-19(2)12-13-21(23)17-26-24(25-3)27-18-22(28(4)5)20-10-8-7-9-11-20/h7-13,16,22H,6,14-15,17-18H2,1-5H3,(H2,25,26,27). The zero-order chi connectivity index (χ0) is 21.8. The van der Waals surface area contributed by atoms with E-state index in [9.17, 15) is 0 Å². The SMILES string of the molecule is CCOCCOc1cc(C)ccc1CNC(=NC)NCC(c1ccccc1)N(C)C. The number of nitrogens with zero attached hydrogens (tertiary/aromatic N) is 2. The molecule has 0 aliphatic carbocycles. The van der Waals surface area contributed by atoms with Gasteiger partial charge in [-0.1, -0.05) is 42.5 Å². The van der Waals surface area contributed by atoms with Crippen LogP contribution in [0.4, 0.5) is 0 Å². The summed E-state index contributed by atoms with van der Waals surface area (Å²) in [6.45, 7) is 7.26. The van der Waals surface area contributed by atoms with Gasteiger partial charge in [0.25, 0.3) is 0 Å². The fourth-order valence-electron chi connectivity index (χ4n) is 3.16. The molecule has 0 bridgehead atoms. The van der Waals surface area contributed by atoms with E-state index >= 15 is 0 Å². The molecule has 1 atom stereocenters. The second-order valence-electron chi connectivity index (χ2n) is 7.35. The first-order valence-corrected chi connectivity index (χ1v) is 10.5. The van der Waals surface area contributed by atoms with Gasteiger partial charge in [-0.2, -0.15) is 0 Å². The Hall–Kier alpha value is -2.57. The van der Waals surface area contributed by atoms with E-state index in [1.807, 2.05) is 13.0 Å². The van der Waals surface area contributed by atoms with Crippen molar-refractivity contribution in [1.82, 2.24) is 15.5 Å². The summed E-state index contributed by atoms with van der Waals surface area (Å²) in [4.78, 5) is 6.59. The number of aryl methyl sites for hydroxylation is 1. The van der Waals surface area contributed by atoms with Crippen molar-refractivity contribution < 1.29 is 9.47 Å². The molecule has 6 nitrogen and oxygen atoms in total. The molecule has 0 aliphatic rings. The first-order valence-electron chi connectivity index (χ1n) is 10.5. The molecule has 0 fully saturated rings. The molecule has 2 N–H and O–H groups in total. The number of benzene rings is 2. The van der Waals surface area contributed by atoms with E-state index in [1.165, 1.54) is 11.1 Å². The van der Waals surface area contributed by atoms with E-state index in [1.54, 1.807) is 7.05 Å². The first kappa shape index (κ1) is 23.7. The van der Waals surface area contributed by atoms with Gasteiger partial charge >= 0.3 is 0 Å². The lowest BCUT2D eigenvalue weighted by atomic mass is 10.1. The maximum atomic E-state index is 5.94. The number of nitrogens with one attached hydrogen (secondary N) is 2. The summed E-state index contributed by atoms with van der Waals surface area (Å²) in [6.07, 6.45) is 0. The average Bonchev–Trinajstić information content (AvgIpc) is 2.75. The Morgan fingerprint density at radius 3 is 2.50 bits per heavy atom. The molecule has 2 rings (SSSR count). The van der Waals surface area contributed by atoms with Gasteiger partial charge in [0.2, 0.25) is 0 Å². The molecule has 2 aromatic rings. The highest BCUT2D eigenvalue weighted by Crippen LogP contribution is 2.20. The molecule has 0 radical (unpaired) electrons. The van der Waals surface area contributed by atoms with Crippen LogP contribution in [0.1, 0.15) is 29.7 Å². The van der Waals surface area contributed by atoms with Crippen LogP contribution >= 0.6 is 0 Å². The van der Waals surface area contributed by atoms with Crippen LogP contribution in [0.15, 0.2) is 53.5 Å². The Balaban J connectivity index is 1.95. The van der Waals surface area contributed by atoms with Crippen LogP contribution in [0.5, 0.6) is 5.75 Å². The third kappa shape index (κ3) is 7.69. The van der Waals surface area contributed by atoms with E-state index in [4.69, 9.17) is 9.47 Å². The minimum Gasteiger partial charge on any atom is -0.491 e. The molecule has 30 heavy (non-hydrogen) atoms. The summed E-state index contributed by atoms with van der Waals surface area (Å²) in [7, 11) is 5.97. The quantitative estimate of drug-likeness (QED) is 0.337. The molecule has 0 heterocycles. The smallest absolute Gasteiger partial charge is 0.191 e. The third-order valence-corrected chi connectivity index (χ3v) is 4.85. The van der Waals surface area contributed by atoms with Crippen molar-refractivity contribution in [3.63, 3.8) is 0 Å². The number of hydrogen-bond acceptors (Lipinski definition) is 4. The van der Waals surface area contributed by atoms with Crippen molar-refractivity contribution >= 4 is 5.96 Å². The van der Waals surface area contributed by atoms with Crippen LogP contribution in [-0.4, -0.2) is 58.4 Å². The molecule has 1 unspecified atom stereocenters. The Labute approximate surface area is 181 Å². The fourth-order valence-corrected chi connectivity index (χ4v) is 3.16. The number of likely N-dealkylation sites (N-methyl/N-ethyl adjacent to an activating group) is 1. The summed E-state index contributed by atoms with van der Waals surface area (Å²) in [5.74, 6) is 1.65. The molecule has 0 saturated carbocycles. The second-order valence-corrected chi connectivity index (χ2v) is 7.35. The summed E-state index contributed by atoms with van der Waals surface area (Å²) >= 11 is 0. The average molecular weight is 413 g/mol. The largest absolute Gasteiger partial charge is 0.491 e.